The van der Waals surface area contributed by atoms with Gasteiger partial charge in [-0.25, -0.2) is 0 Å². The average Bonchev–Trinajstić information content (AvgIpc) is 3.56. The zero-order chi connectivity index (χ0) is 24.4. The van der Waals surface area contributed by atoms with Gasteiger partial charge in [-0.15, -0.1) is 11.3 Å². The zero-order valence-electron chi connectivity index (χ0n) is 19.8. The number of hydrogen-bond acceptors (Lipinski definition) is 4. The van der Waals surface area contributed by atoms with Crippen molar-refractivity contribution in [2.75, 3.05) is 26.2 Å². The van der Waals surface area contributed by atoms with Crippen LogP contribution in [0, 0.1) is 12.8 Å². The molecule has 2 aromatic carbocycles. The van der Waals surface area contributed by atoms with Crippen LogP contribution in [0.15, 0.2) is 60.0 Å². The van der Waals surface area contributed by atoms with Crippen LogP contribution in [-0.2, 0) is 11.2 Å². The van der Waals surface area contributed by atoms with Gasteiger partial charge in [0.15, 0.2) is 0 Å². The summed E-state index contributed by atoms with van der Waals surface area (Å²) < 4.78 is 6.16. The van der Waals surface area contributed by atoms with Crippen LogP contribution in [-0.4, -0.2) is 47.9 Å². The van der Waals surface area contributed by atoms with Gasteiger partial charge in [-0.3, -0.25) is 9.59 Å². The summed E-state index contributed by atoms with van der Waals surface area (Å²) in [6.07, 6.45) is 3.06. The van der Waals surface area contributed by atoms with Crippen LogP contribution >= 0.6 is 22.9 Å². The molecule has 0 spiro atoms. The third-order valence-electron chi connectivity index (χ3n) is 6.76. The summed E-state index contributed by atoms with van der Waals surface area (Å²) in [4.78, 5) is 31.8. The summed E-state index contributed by atoms with van der Waals surface area (Å²) in [7, 11) is 0. The Bertz CT molecular complexity index is 1210. The van der Waals surface area contributed by atoms with E-state index < -0.39 is 0 Å². The van der Waals surface area contributed by atoms with Crippen molar-refractivity contribution in [1.29, 1.82) is 0 Å². The van der Waals surface area contributed by atoms with Gasteiger partial charge in [0, 0.05) is 28.6 Å². The largest absolute Gasteiger partial charge is 0.491 e. The van der Waals surface area contributed by atoms with Crippen LogP contribution in [0.4, 0.5) is 0 Å². The van der Waals surface area contributed by atoms with Crippen LogP contribution in [0.3, 0.4) is 0 Å². The van der Waals surface area contributed by atoms with Gasteiger partial charge in [0.2, 0.25) is 5.91 Å². The molecule has 1 aliphatic carbocycles. The molecule has 2 amide bonds. The van der Waals surface area contributed by atoms with Crippen molar-refractivity contribution in [2.24, 2.45) is 5.92 Å². The summed E-state index contributed by atoms with van der Waals surface area (Å²) in [5.41, 5.74) is 2.72. The van der Waals surface area contributed by atoms with Crippen molar-refractivity contribution in [1.82, 2.24) is 9.80 Å². The Morgan fingerprint density at radius 1 is 1.14 bits per heavy atom. The summed E-state index contributed by atoms with van der Waals surface area (Å²) in [6.45, 7) is 3.63. The van der Waals surface area contributed by atoms with Crippen molar-refractivity contribution in [2.45, 2.75) is 32.2 Å². The quantitative estimate of drug-likeness (QED) is 0.388. The maximum absolute atomic E-state index is 13.7. The van der Waals surface area contributed by atoms with E-state index in [0.29, 0.717) is 36.2 Å². The molecule has 0 bridgehead atoms. The Morgan fingerprint density at radius 3 is 2.69 bits per heavy atom. The molecule has 1 aliphatic heterocycles. The number of amides is 2. The smallest absolute Gasteiger partial charge is 0.254 e. The van der Waals surface area contributed by atoms with Crippen molar-refractivity contribution in [3.05, 3.63) is 86.6 Å². The predicted octanol–water partition coefficient (Wildman–Crippen LogP) is 5.77. The van der Waals surface area contributed by atoms with Gasteiger partial charge < -0.3 is 14.5 Å². The normalized spacial score (nSPS) is 17.1. The molecule has 7 heteroatoms. The van der Waals surface area contributed by atoms with Crippen LogP contribution in [0.1, 0.15) is 45.2 Å². The van der Waals surface area contributed by atoms with Crippen molar-refractivity contribution in [3.63, 3.8) is 0 Å². The van der Waals surface area contributed by atoms with Gasteiger partial charge >= 0.3 is 0 Å². The average molecular weight is 509 g/mol. The molecule has 0 radical (unpaired) electrons. The van der Waals surface area contributed by atoms with Crippen molar-refractivity contribution >= 4 is 34.8 Å². The molecule has 5 nitrogen and oxygen atoms in total. The number of ether oxygens (including phenoxy) is 1. The van der Waals surface area contributed by atoms with Crippen LogP contribution in [0.2, 0.25) is 5.02 Å². The van der Waals surface area contributed by atoms with E-state index in [4.69, 9.17) is 16.3 Å². The number of halogens is 1. The molecule has 2 aliphatic rings. The number of fused-ring (bicyclic) bond motifs is 1. The Morgan fingerprint density at radius 2 is 1.94 bits per heavy atom. The molecule has 1 aromatic heterocycles. The van der Waals surface area contributed by atoms with E-state index in [1.165, 1.54) is 4.88 Å². The first kappa shape index (κ1) is 23.9. The highest BCUT2D eigenvalue weighted by molar-refractivity contribution is 7.10. The maximum atomic E-state index is 13.7. The van der Waals surface area contributed by atoms with E-state index in [2.05, 4.69) is 11.4 Å². The first-order valence-electron chi connectivity index (χ1n) is 12.1. The second kappa shape index (κ2) is 10.4. The topological polar surface area (TPSA) is 49.9 Å². The summed E-state index contributed by atoms with van der Waals surface area (Å²) in [6, 6.07) is 16.8. The molecule has 0 saturated heterocycles. The second-order valence-corrected chi connectivity index (χ2v) is 10.8. The highest BCUT2D eigenvalue weighted by Crippen LogP contribution is 2.35. The molecule has 3 aromatic rings. The van der Waals surface area contributed by atoms with Crippen LogP contribution in [0.25, 0.3) is 0 Å². The standard InChI is InChI=1S/C28H29ClN2O3S/c1-19-15-22(9-10-24(19)29)34-18-25-23-12-14-35-26(23)11-13-31(25)27(32)17-30(16-20-7-8-20)28(33)21-5-3-2-4-6-21/h2-6,9-10,12,14-15,20,25H,7-8,11,13,16-18H2,1H3/t25-/m1/s1. The molecule has 0 N–H and O–H groups in total. The second-order valence-electron chi connectivity index (χ2n) is 9.37. The minimum Gasteiger partial charge on any atom is -0.491 e. The fourth-order valence-electron chi connectivity index (χ4n) is 4.61. The third kappa shape index (κ3) is 5.54. The van der Waals surface area contributed by atoms with Crippen molar-refractivity contribution < 1.29 is 14.3 Å². The fraction of sp³-hybridized carbons (Fsp3) is 0.357. The summed E-state index contributed by atoms with van der Waals surface area (Å²) in [5, 5.41) is 2.78. The Kier molecular flexibility index (Phi) is 7.12. The van der Waals surface area contributed by atoms with Crippen molar-refractivity contribution in [3.8, 4) is 5.75 Å². The monoisotopic (exact) mass is 508 g/mol. The molecule has 2 heterocycles. The number of benzene rings is 2. The van der Waals surface area contributed by atoms with Crippen LogP contribution < -0.4 is 4.74 Å². The van der Waals surface area contributed by atoms with Gasteiger partial charge in [0.1, 0.15) is 18.9 Å². The molecule has 1 saturated carbocycles. The Balaban J connectivity index is 1.34. The van der Waals surface area contributed by atoms with Gasteiger partial charge in [-0.05, 0) is 85.0 Å². The molecule has 0 unspecified atom stereocenters. The Labute approximate surface area is 215 Å². The molecular weight excluding hydrogens is 480 g/mol. The minimum absolute atomic E-state index is 0.0346. The first-order valence-corrected chi connectivity index (χ1v) is 13.3. The molecule has 35 heavy (non-hydrogen) atoms. The van der Waals surface area contributed by atoms with E-state index in [1.807, 2.05) is 60.4 Å². The number of carbonyl (C=O) groups excluding carboxylic acids is 2. The zero-order valence-corrected chi connectivity index (χ0v) is 21.4. The van der Waals surface area contributed by atoms with E-state index in [-0.39, 0.29) is 24.4 Å². The van der Waals surface area contributed by atoms with Gasteiger partial charge in [-0.2, -0.15) is 0 Å². The number of aryl methyl sites for hydroxylation is 1. The minimum atomic E-state index is -0.192. The van der Waals surface area contributed by atoms with E-state index in [9.17, 15) is 9.59 Å². The highest BCUT2D eigenvalue weighted by atomic mass is 35.5. The van der Waals surface area contributed by atoms with E-state index in [1.54, 1.807) is 16.2 Å². The lowest BCUT2D eigenvalue weighted by Gasteiger charge is -2.37. The molecule has 1 fully saturated rings. The fourth-order valence-corrected chi connectivity index (χ4v) is 5.65. The number of carbonyl (C=O) groups is 2. The summed E-state index contributed by atoms with van der Waals surface area (Å²) in [5.74, 6) is 1.11. The lowest BCUT2D eigenvalue weighted by atomic mass is 10.00. The Hall–Kier alpha value is -2.83. The lowest BCUT2D eigenvalue weighted by Crippen LogP contribution is -2.48. The van der Waals surface area contributed by atoms with Crippen LogP contribution in [0.5, 0.6) is 5.75 Å². The molecule has 5 rings (SSSR count). The molecule has 1 atom stereocenters. The SMILES string of the molecule is Cc1cc(OC[C@@H]2c3ccsc3CCN2C(=O)CN(CC2CC2)C(=O)c2ccccc2)ccc1Cl. The first-order chi connectivity index (χ1) is 17.0. The number of hydrogen-bond donors (Lipinski definition) is 0. The van der Waals surface area contributed by atoms with Gasteiger partial charge in [0.25, 0.3) is 5.91 Å². The molecular formula is C28H29ClN2O3S. The molecule has 182 valence electrons. The number of nitrogens with zero attached hydrogens (tertiary/aromatic N) is 2. The maximum Gasteiger partial charge on any atom is 0.254 e. The summed E-state index contributed by atoms with van der Waals surface area (Å²) >= 11 is 7.89. The highest BCUT2D eigenvalue weighted by Gasteiger charge is 2.35. The number of thiophene rings is 1. The third-order valence-corrected chi connectivity index (χ3v) is 8.18. The predicted molar refractivity (Wildman–Crippen MR) is 139 cm³/mol. The van der Waals surface area contributed by atoms with E-state index >= 15 is 0 Å². The van der Waals surface area contributed by atoms with Gasteiger partial charge in [-0.1, -0.05) is 29.8 Å². The number of rotatable bonds is 8. The van der Waals surface area contributed by atoms with Gasteiger partial charge in [0.05, 0.1) is 6.04 Å². The lowest BCUT2D eigenvalue weighted by molar-refractivity contribution is -0.135. The van der Waals surface area contributed by atoms with E-state index in [0.717, 1.165) is 36.1 Å².